The van der Waals surface area contributed by atoms with Gasteiger partial charge in [-0.3, -0.25) is 4.90 Å². The van der Waals surface area contributed by atoms with Crippen molar-refractivity contribution in [2.75, 3.05) is 6.54 Å². The van der Waals surface area contributed by atoms with Crippen LogP contribution in [-0.4, -0.2) is 17.5 Å². The molecule has 0 amide bonds. The Morgan fingerprint density at radius 1 is 0.950 bits per heavy atom. The summed E-state index contributed by atoms with van der Waals surface area (Å²) in [6.45, 7) is 2.27. The molecule has 1 heterocycles. The summed E-state index contributed by atoms with van der Waals surface area (Å²) in [5.41, 5.74) is 2.70. The second kappa shape index (κ2) is 6.53. The van der Waals surface area contributed by atoms with Crippen molar-refractivity contribution in [1.29, 1.82) is 0 Å². The summed E-state index contributed by atoms with van der Waals surface area (Å²) in [6, 6.07) is 21.9. The molecule has 2 aromatic rings. The molecule has 0 aromatic heterocycles. The monoisotopic (exact) mass is 263 g/mol. The summed E-state index contributed by atoms with van der Waals surface area (Å²) < 4.78 is 0. The Morgan fingerprint density at radius 3 is 2.40 bits per heavy atom. The summed E-state index contributed by atoms with van der Waals surface area (Å²) in [5.74, 6) is 0. The molecular formula is C19H21N. The van der Waals surface area contributed by atoms with Gasteiger partial charge in [-0.05, 0) is 30.5 Å². The topological polar surface area (TPSA) is 3.24 Å². The minimum Gasteiger partial charge on any atom is -0.293 e. The van der Waals surface area contributed by atoms with Gasteiger partial charge in [-0.2, -0.15) is 0 Å². The highest BCUT2D eigenvalue weighted by molar-refractivity contribution is 5.49. The zero-order valence-corrected chi connectivity index (χ0v) is 11.8. The molecule has 20 heavy (non-hydrogen) atoms. The molecule has 0 saturated carbocycles. The van der Waals surface area contributed by atoms with Crippen LogP contribution in [-0.2, 0) is 6.54 Å². The molecule has 0 spiro atoms. The highest BCUT2D eigenvalue weighted by atomic mass is 15.2. The van der Waals surface area contributed by atoms with Crippen LogP contribution in [0.4, 0.5) is 0 Å². The van der Waals surface area contributed by atoms with E-state index in [0.717, 1.165) is 6.54 Å². The van der Waals surface area contributed by atoms with Crippen molar-refractivity contribution in [3.63, 3.8) is 0 Å². The third-order valence-corrected chi connectivity index (χ3v) is 3.95. The third-order valence-electron chi connectivity index (χ3n) is 3.95. The second-order valence-electron chi connectivity index (χ2n) is 5.44. The van der Waals surface area contributed by atoms with E-state index in [0.29, 0.717) is 6.04 Å². The quantitative estimate of drug-likeness (QED) is 0.792. The van der Waals surface area contributed by atoms with Crippen molar-refractivity contribution in [3.05, 3.63) is 77.9 Å². The van der Waals surface area contributed by atoms with Crippen molar-refractivity contribution in [2.45, 2.75) is 25.4 Å². The predicted molar refractivity (Wildman–Crippen MR) is 85.4 cm³/mol. The van der Waals surface area contributed by atoms with Gasteiger partial charge in [0.1, 0.15) is 0 Å². The minimum atomic E-state index is 0.579. The maximum atomic E-state index is 2.58. The van der Waals surface area contributed by atoms with Gasteiger partial charge in [0.25, 0.3) is 0 Å². The van der Waals surface area contributed by atoms with Crippen LogP contribution < -0.4 is 0 Å². The van der Waals surface area contributed by atoms with Crippen LogP contribution in [0.5, 0.6) is 0 Å². The first-order valence-corrected chi connectivity index (χ1v) is 7.43. The Bertz CT molecular complexity index is 544. The summed E-state index contributed by atoms with van der Waals surface area (Å²) in [7, 11) is 0. The second-order valence-corrected chi connectivity index (χ2v) is 5.44. The fourth-order valence-corrected chi connectivity index (χ4v) is 2.87. The molecule has 1 saturated heterocycles. The molecule has 0 bridgehead atoms. The van der Waals surface area contributed by atoms with Gasteiger partial charge in [0.2, 0.25) is 0 Å². The molecule has 1 aliphatic rings. The molecule has 3 rings (SSSR count). The van der Waals surface area contributed by atoms with E-state index < -0.39 is 0 Å². The van der Waals surface area contributed by atoms with Crippen molar-refractivity contribution in [3.8, 4) is 0 Å². The zero-order valence-electron chi connectivity index (χ0n) is 11.8. The smallest absolute Gasteiger partial charge is 0.0285 e. The van der Waals surface area contributed by atoms with E-state index in [1.807, 2.05) is 0 Å². The lowest BCUT2D eigenvalue weighted by Crippen LogP contribution is -2.27. The van der Waals surface area contributed by atoms with Crippen molar-refractivity contribution >= 4 is 6.08 Å². The molecule has 1 fully saturated rings. The van der Waals surface area contributed by atoms with E-state index in [1.165, 1.54) is 30.5 Å². The number of rotatable bonds is 4. The van der Waals surface area contributed by atoms with Crippen molar-refractivity contribution in [2.24, 2.45) is 0 Å². The Kier molecular flexibility index (Phi) is 4.29. The van der Waals surface area contributed by atoms with E-state index in [1.54, 1.807) is 0 Å². The number of benzene rings is 2. The summed E-state index contributed by atoms with van der Waals surface area (Å²) in [5, 5.41) is 0. The standard InChI is InChI=1S/C19H21N/c1-3-8-17(9-4-1)13-14-19-12-7-15-20(19)16-18-10-5-2-6-11-18/h1-6,8-11,13-14,19H,7,12,15-16H2/b14-13+. The van der Waals surface area contributed by atoms with Crippen LogP contribution in [0.1, 0.15) is 24.0 Å². The lowest BCUT2D eigenvalue weighted by atomic mass is 10.1. The van der Waals surface area contributed by atoms with Gasteiger partial charge >= 0.3 is 0 Å². The number of hydrogen-bond acceptors (Lipinski definition) is 1. The molecule has 1 nitrogen and oxygen atoms in total. The first-order chi connectivity index (χ1) is 9.92. The van der Waals surface area contributed by atoms with Crippen LogP contribution in [0.25, 0.3) is 6.08 Å². The first kappa shape index (κ1) is 13.1. The van der Waals surface area contributed by atoms with Gasteiger partial charge in [0.15, 0.2) is 0 Å². The molecule has 1 aliphatic heterocycles. The highest BCUT2D eigenvalue weighted by Gasteiger charge is 2.21. The largest absolute Gasteiger partial charge is 0.293 e. The Labute approximate surface area is 121 Å². The van der Waals surface area contributed by atoms with Gasteiger partial charge in [0, 0.05) is 12.6 Å². The number of hydrogen-bond donors (Lipinski definition) is 0. The molecule has 0 radical (unpaired) electrons. The van der Waals surface area contributed by atoms with E-state index in [-0.39, 0.29) is 0 Å². The van der Waals surface area contributed by atoms with Crippen molar-refractivity contribution in [1.82, 2.24) is 4.90 Å². The highest BCUT2D eigenvalue weighted by Crippen LogP contribution is 2.21. The summed E-state index contributed by atoms with van der Waals surface area (Å²) in [6.07, 6.45) is 7.20. The van der Waals surface area contributed by atoms with Crippen molar-refractivity contribution < 1.29 is 0 Å². The molecule has 102 valence electrons. The predicted octanol–water partition coefficient (Wildman–Crippen LogP) is 4.36. The summed E-state index contributed by atoms with van der Waals surface area (Å²) in [4.78, 5) is 2.58. The molecule has 0 N–H and O–H groups in total. The fraction of sp³-hybridized carbons (Fsp3) is 0.263. The average molecular weight is 263 g/mol. The van der Waals surface area contributed by atoms with Gasteiger partial charge in [-0.15, -0.1) is 0 Å². The van der Waals surface area contributed by atoms with E-state index in [2.05, 4.69) is 77.7 Å². The van der Waals surface area contributed by atoms with Crippen LogP contribution in [0, 0.1) is 0 Å². The molecule has 1 unspecified atom stereocenters. The third kappa shape index (κ3) is 3.37. The lowest BCUT2D eigenvalue weighted by Gasteiger charge is -2.21. The van der Waals surface area contributed by atoms with Crippen LogP contribution in [0.15, 0.2) is 66.7 Å². The van der Waals surface area contributed by atoms with Gasteiger partial charge in [-0.25, -0.2) is 0 Å². The van der Waals surface area contributed by atoms with Gasteiger partial charge in [0.05, 0.1) is 0 Å². The fourth-order valence-electron chi connectivity index (χ4n) is 2.87. The Hall–Kier alpha value is -1.86. The SMILES string of the molecule is C(=C\C1CCCN1Cc1ccccc1)/c1ccccc1. The number of nitrogens with zero attached hydrogens (tertiary/aromatic N) is 1. The molecule has 0 aliphatic carbocycles. The summed E-state index contributed by atoms with van der Waals surface area (Å²) >= 11 is 0. The van der Waals surface area contributed by atoms with E-state index >= 15 is 0 Å². The molecule has 2 aromatic carbocycles. The van der Waals surface area contributed by atoms with E-state index in [4.69, 9.17) is 0 Å². The Balaban J connectivity index is 1.65. The van der Waals surface area contributed by atoms with Gasteiger partial charge < -0.3 is 0 Å². The van der Waals surface area contributed by atoms with E-state index in [9.17, 15) is 0 Å². The van der Waals surface area contributed by atoms with Crippen LogP contribution in [0.3, 0.4) is 0 Å². The van der Waals surface area contributed by atoms with Gasteiger partial charge in [-0.1, -0.05) is 72.8 Å². The number of likely N-dealkylation sites (tertiary alicyclic amines) is 1. The minimum absolute atomic E-state index is 0.579. The maximum Gasteiger partial charge on any atom is 0.0285 e. The molecule has 1 atom stereocenters. The molecular weight excluding hydrogens is 242 g/mol. The molecule has 1 heteroatoms. The lowest BCUT2D eigenvalue weighted by molar-refractivity contribution is 0.282. The van der Waals surface area contributed by atoms with Crippen LogP contribution >= 0.6 is 0 Å². The normalized spacial score (nSPS) is 19.7. The average Bonchev–Trinajstić information content (AvgIpc) is 2.94. The first-order valence-electron chi connectivity index (χ1n) is 7.43. The maximum absolute atomic E-state index is 2.58. The zero-order chi connectivity index (χ0) is 13.6. The Morgan fingerprint density at radius 2 is 1.65 bits per heavy atom. The van der Waals surface area contributed by atoms with Crippen LogP contribution in [0.2, 0.25) is 0 Å².